The maximum atomic E-state index is 12.0. The first-order chi connectivity index (χ1) is 8.56. The van der Waals surface area contributed by atoms with Gasteiger partial charge in [-0.3, -0.25) is 4.79 Å². The van der Waals surface area contributed by atoms with Gasteiger partial charge >= 0.3 is 0 Å². The topological polar surface area (TPSA) is 37.3 Å². The number of unbranched alkanes of at least 4 members (excludes halogenated alkanes) is 4. The molecule has 0 heterocycles. The molecule has 18 heavy (non-hydrogen) atoms. The normalized spacial score (nSPS) is 10.6. The molecule has 0 bridgehead atoms. The van der Waals surface area contributed by atoms with Gasteiger partial charge in [-0.2, -0.15) is 0 Å². The average molecular weight is 378 g/mol. The van der Waals surface area contributed by atoms with E-state index < -0.39 is 0 Å². The van der Waals surface area contributed by atoms with Crippen LogP contribution in [0.2, 0.25) is 0 Å². The molecule has 0 aliphatic carbocycles. The second-order valence-electron chi connectivity index (χ2n) is 4.38. The number of Topliss-reactive ketones (excluding diaryl/α,β-unsaturated/α-hetero) is 1. The third-order valence-electron chi connectivity index (χ3n) is 2.85. The highest BCUT2D eigenvalue weighted by Gasteiger charge is 2.11. The third kappa shape index (κ3) is 4.73. The Hall–Kier alpha value is -0.350. The van der Waals surface area contributed by atoms with Crippen LogP contribution in [0.1, 0.15) is 55.8 Å². The highest BCUT2D eigenvalue weighted by atomic mass is 79.9. The van der Waals surface area contributed by atoms with Crippen molar-refractivity contribution in [2.75, 3.05) is 0 Å². The maximum absolute atomic E-state index is 12.0. The van der Waals surface area contributed by atoms with Crippen LogP contribution in [0, 0.1) is 0 Å². The Morgan fingerprint density at radius 3 is 2.22 bits per heavy atom. The van der Waals surface area contributed by atoms with Crippen LogP contribution in [0.5, 0.6) is 5.75 Å². The summed E-state index contributed by atoms with van der Waals surface area (Å²) in [6.07, 6.45) is 6.28. The Morgan fingerprint density at radius 2 is 1.67 bits per heavy atom. The first-order valence-corrected chi connectivity index (χ1v) is 7.86. The van der Waals surface area contributed by atoms with Crippen molar-refractivity contribution in [1.29, 1.82) is 0 Å². The first-order valence-electron chi connectivity index (χ1n) is 6.27. The van der Waals surface area contributed by atoms with Crippen molar-refractivity contribution in [1.82, 2.24) is 0 Å². The minimum atomic E-state index is 0.132. The van der Waals surface area contributed by atoms with Crippen LogP contribution < -0.4 is 0 Å². The number of rotatable bonds is 7. The van der Waals surface area contributed by atoms with Gasteiger partial charge in [-0.15, -0.1) is 0 Å². The second-order valence-corrected chi connectivity index (χ2v) is 6.08. The number of benzene rings is 1. The van der Waals surface area contributed by atoms with E-state index in [-0.39, 0.29) is 11.5 Å². The van der Waals surface area contributed by atoms with Crippen molar-refractivity contribution in [3.05, 3.63) is 26.6 Å². The molecule has 100 valence electrons. The zero-order valence-corrected chi connectivity index (χ0v) is 13.7. The van der Waals surface area contributed by atoms with Crippen molar-refractivity contribution >= 4 is 37.6 Å². The van der Waals surface area contributed by atoms with Gasteiger partial charge in [0.1, 0.15) is 5.75 Å². The lowest BCUT2D eigenvalue weighted by Crippen LogP contribution is -1.99. The molecule has 0 atom stereocenters. The molecule has 0 aliphatic heterocycles. The van der Waals surface area contributed by atoms with E-state index in [0.29, 0.717) is 20.9 Å². The Bertz CT molecular complexity index is 393. The summed E-state index contributed by atoms with van der Waals surface area (Å²) in [5.41, 5.74) is 0.641. The summed E-state index contributed by atoms with van der Waals surface area (Å²) < 4.78 is 1.09. The van der Waals surface area contributed by atoms with Crippen molar-refractivity contribution in [2.45, 2.75) is 45.4 Å². The van der Waals surface area contributed by atoms with Gasteiger partial charge in [-0.25, -0.2) is 0 Å². The molecule has 4 heteroatoms. The number of hydrogen-bond donors (Lipinski definition) is 1. The second kappa shape index (κ2) is 7.95. The van der Waals surface area contributed by atoms with Gasteiger partial charge in [0.15, 0.2) is 5.78 Å². The van der Waals surface area contributed by atoms with Crippen LogP contribution in [-0.4, -0.2) is 10.9 Å². The molecule has 1 aromatic rings. The molecule has 0 saturated heterocycles. The van der Waals surface area contributed by atoms with Crippen LogP contribution in [0.3, 0.4) is 0 Å². The predicted octanol–water partition coefficient (Wildman–Crippen LogP) is 5.46. The molecule has 2 nitrogen and oxygen atoms in total. The Kier molecular flexibility index (Phi) is 6.94. The average Bonchev–Trinajstić information content (AvgIpc) is 2.34. The highest BCUT2D eigenvalue weighted by Crippen LogP contribution is 2.33. The van der Waals surface area contributed by atoms with Gasteiger partial charge in [0.05, 0.1) is 8.95 Å². The number of carbonyl (C=O) groups is 1. The zero-order chi connectivity index (χ0) is 13.5. The van der Waals surface area contributed by atoms with Crippen LogP contribution in [0.15, 0.2) is 21.1 Å². The number of halogens is 2. The Labute approximate surface area is 125 Å². The third-order valence-corrected chi connectivity index (χ3v) is 4.06. The van der Waals surface area contributed by atoms with E-state index in [2.05, 4.69) is 38.8 Å². The predicted molar refractivity (Wildman–Crippen MR) is 81.2 cm³/mol. The van der Waals surface area contributed by atoms with E-state index in [4.69, 9.17) is 0 Å². The van der Waals surface area contributed by atoms with E-state index in [1.54, 1.807) is 12.1 Å². The van der Waals surface area contributed by atoms with Gasteiger partial charge in [0.2, 0.25) is 0 Å². The largest absolute Gasteiger partial charge is 0.506 e. The molecule has 0 spiro atoms. The summed E-state index contributed by atoms with van der Waals surface area (Å²) in [6, 6.07) is 3.35. The standard InChI is InChI=1S/C14H18Br2O2/c1-2-3-4-5-6-7-13(17)10-8-11(15)14(18)12(16)9-10/h8-9,18H,2-7H2,1H3. The van der Waals surface area contributed by atoms with Crippen molar-refractivity contribution in [2.24, 2.45) is 0 Å². The smallest absolute Gasteiger partial charge is 0.162 e. The molecule has 0 radical (unpaired) electrons. The minimum Gasteiger partial charge on any atom is -0.506 e. The summed E-state index contributed by atoms with van der Waals surface area (Å²) in [6.45, 7) is 2.18. The van der Waals surface area contributed by atoms with Crippen LogP contribution in [0.4, 0.5) is 0 Å². The molecule has 0 amide bonds. The van der Waals surface area contributed by atoms with Gasteiger partial charge in [0.25, 0.3) is 0 Å². The quantitative estimate of drug-likeness (QED) is 0.505. The number of aromatic hydroxyl groups is 1. The molecule has 0 aromatic heterocycles. The lowest BCUT2D eigenvalue weighted by Gasteiger charge is -2.05. The van der Waals surface area contributed by atoms with E-state index in [1.165, 1.54) is 19.3 Å². The molecule has 1 rings (SSSR count). The van der Waals surface area contributed by atoms with Gasteiger partial charge in [-0.1, -0.05) is 32.6 Å². The van der Waals surface area contributed by atoms with E-state index >= 15 is 0 Å². The lowest BCUT2D eigenvalue weighted by molar-refractivity contribution is 0.0979. The van der Waals surface area contributed by atoms with E-state index in [0.717, 1.165) is 12.8 Å². The number of phenolic OH excluding ortho intramolecular Hbond substituents is 1. The molecule has 0 unspecified atom stereocenters. The fraction of sp³-hybridized carbons (Fsp3) is 0.500. The van der Waals surface area contributed by atoms with E-state index in [1.807, 2.05) is 0 Å². The van der Waals surface area contributed by atoms with Crippen molar-refractivity contribution < 1.29 is 9.90 Å². The molecular weight excluding hydrogens is 360 g/mol. The molecule has 1 aromatic carbocycles. The van der Waals surface area contributed by atoms with Gasteiger partial charge in [-0.05, 0) is 50.4 Å². The number of hydrogen-bond acceptors (Lipinski definition) is 2. The van der Waals surface area contributed by atoms with Crippen LogP contribution >= 0.6 is 31.9 Å². The molecule has 0 fully saturated rings. The number of phenols is 1. The van der Waals surface area contributed by atoms with E-state index in [9.17, 15) is 9.90 Å². The highest BCUT2D eigenvalue weighted by molar-refractivity contribution is 9.11. The van der Waals surface area contributed by atoms with Gasteiger partial charge in [0, 0.05) is 12.0 Å². The summed E-state index contributed by atoms with van der Waals surface area (Å²) in [5, 5.41) is 9.58. The summed E-state index contributed by atoms with van der Waals surface area (Å²) in [7, 11) is 0. The molecular formula is C14H18Br2O2. The zero-order valence-electron chi connectivity index (χ0n) is 10.5. The minimum absolute atomic E-state index is 0.132. The number of carbonyl (C=O) groups excluding carboxylic acids is 1. The monoisotopic (exact) mass is 376 g/mol. The van der Waals surface area contributed by atoms with Crippen molar-refractivity contribution in [3.8, 4) is 5.75 Å². The maximum Gasteiger partial charge on any atom is 0.162 e. The van der Waals surface area contributed by atoms with Crippen LogP contribution in [0.25, 0.3) is 0 Å². The van der Waals surface area contributed by atoms with Gasteiger partial charge < -0.3 is 5.11 Å². The number of ketones is 1. The lowest BCUT2D eigenvalue weighted by atomic mass is 10.0. The SMILES string of the molecule is CCCCCCCC(=O)c1cc(Br)c(O)c(Br)c1. The summed E-state index contributed by atoms with van der Waals surface area (Å²) in [4.78, 5) is 12.0. The fourth-order valence-corrected chi connectivity index (χ4v) is 2.95. The van der Waals surface area contributed by atoms with Crippen molar-refractivity contribution in [3.63, 3.8) is 0 Å². The summed E-state index contributed by atoms with van der Waals surface area (Å²) in [5.74, 6) is 0.266. The molecule has 0 aliphatic rings. The Balaban J connectivity index is 2.52. The fourth-order valence-electron chi connectivity index (χ4n) is 1.76. The summed E-state index contributed by atoms with van der Waals surface area (Å²) >= 11 is 6.47. The molecule has 1 N–H and O–H groups in total. The first kappa shape index (κ1) is 15.7. The van der Waals surface area contributed by atoms with Crippen LogP contribution in [-0.2, 0) is 0 Å². The Morgan fingerprint density at radius 1 is 1.11 bits per heavy atom. The molecule has 0 saturated carbocycles.